The van der Waals surface area contributed by atoms with Crippen LogP contribution in [0, 0.1) is 11.8 Å². The molecule has 3 fully saturated rings. The highest BCUT2D eigenvalue weighted by molar-refractivity contribution is 5.93. The number of likely N-dealkylation sites (tertiary alicyclic amines) is 2. The zero-order chi connectivity index (χ0) is 20.2. The van der Waals surface area contributed by atoms with Crippen LogP contribution in [0.4, 0.5) is 0 Å². The fraction of sp³-hybridized carbons (Fsp3) is 0.545. The summed E-state index contributed by atoms with van der Waals surface area (Å²) >= 11 is 0. The van der Waals surface area contributed by atoms with Gasteiger partial charge in [-0.15, -0.1) is 0 Å². The lowest BCUT2D eigenvalue weighted by molar-refractivity contribution is -0.144. The van der Waals surface area contributed by atoms with Crippen molar-refractivity contribution in [3.63, 3.8) is 0 Å². The Bertz CT molecular complexity index is 863. The van der Waals surface area contributed by atoms with Crippen molar-refractivity contribution in [1.82, 2.24) is 9.80 Å². The van der Waals surface area contributed by atoms with E-state index in [4.69, 9.17) is 9.47 Å². The number of fused-ring (bicyclic) bond motifs is 1. The molecule has 1 N–H and O–H groups in total. The minimum atomic E-state index is -0.698. The Hall–Kier alpha value is -2.38. The lowest BCUT2D eigenvalue weighted by atomic mass is 9.76. The van der Waals surface area contributed by atoms with Gasteiger partial charge in [0.15, 0.2) is 0 Å². The molecule has 29 heavy (non-hydrogen) atoms. The number of carbonyl (C=O) groups is 2. The Labute approximate surface area is 169 Å². The molecule has 0 radical (unpaired) electrons. The van der Waals surface area contributed by atoms with Crippen LogP contribution in [0.25, 0.3) is 0 Å². The minimum Gasteiger partial charge on any atom is -0.497 e. The van der Waals surface area contributed by atoms with Crippen molar-refractivity contribution in [2.75, 3.05) is 26.7 Å². The average molecular weight is 398 g/mol. The molecule has 7 heteroatoms. The fourth-order valence-corrected chi connectivity index (χ4v) is 5.28. The molecule has 2 amide bonds. The third kappa shape index (κ3) is 2.95. The summed E-state index contributed by atoms with van der Waals surface area (Å²) in [5, 5.41) is 9.74. The smallest absolute Gasteiger partial charge is 0.230 e. The van der Waals surface area contributed by atoms with Crippen LogP contribution >= 0.6 is 0 Å². The van der Waals surface area contributed by atoms with E-state index in [1.165, 1.54) is 0 Å². The van der Waals surface area contributed by atoms with Gasteiger partial charge in [-0.05, 0) is 30.5 Å². The third-order valence-electron chi connectivity index (χ3n) is 6.75. The van der Waals surface area contributed by atoms with E-state index in [0.717, 1.165) is 11.3 Å². The first-order chi connectivity index (χ1) is 14.0. The summed E-state index contributed by atoms with van der Waals surface area (Å²) in [6.45, 7) is 2.00. The van der Waals surface area contributed by atoms with Crippen LogP contribution in [0.5, 0.6) is 5.75 Å². The van der Waals surface area contributed by atoms with E-state index in [0.29, 0.717) is 39.0 Å². The van der Waals surface area contributed by atoms with Crippen LogP contribution in [0.2, 0.25) is 0 Å². The summed E-state index contributed by atoms with van der Waals surface area (Å²) in [4.78, 5) is 30.2. The maximum absolute atomic E-state index is 13.4. The van der Waals surface area contributed by atoms with Crippen LogP contribution in [0.15, 0.2) is 36.4 Å². The molecule has 2 bridgehead atoms. The molecule has 4 aliphatic rings. The monoisotopic (exact) mass is 398 g/mol. The number of methoxy groups -OCH3 is 1. The van der Waals surface area contributed by atoms with Gasteiger partial charge in [0.25, 0.3) is 0 Å². The summed E-state index contributed by atoms with van der Waals surface area (Å²) in [6, 6.07) is 7.68. The van der Waals surface area contributed by atoms with Crippen molar-refractivity contribution in [3.05, 3.63) is 42.0 Å². The number of nitrogens with zero attached hydrogens (tertiary/aromatic N) is 2. The van der Waals surface area contributed by atoms with E-state index in [2.05, 4.69) is 0 Å². The molecule has 0 aliphatic carbocycles. The Morgan fingerprint density at radius 2 is 2.14 bits per heavy atom. The number of ether oxygens (including phenoxy) is 2. The van der Waals surface area contributed by atoms with Gasteiger partial charge in [-0.3, -0.25) is 9.59 Å². The number of benzene rings is 1. The number of aliphatic hydroxyl groups excluding tert-OH is 1. The second-order valence-corrected chi connectivity index (χ2v) is 8.50. The van der Waals surface area contributed by atoms with E-state index in [-0.39, 0.29) is 24.0 Å². The molecular formula is C22H26N2O5. The first kappa shape index (κ1) is 18.6. The van der Waals surface area contributed by atoms with E-state index in [9.17, 15) is 14.7 Å². The van der Waals surface area contributed by atoms with E-state index in [1.54, 1.807) is 16.9 Å². The largest absolute Gasteiger partial charge is 0.497 e. The lowest BCUT2D eigenvalue weighted by Crippen LogP contribution is -2.49. The van der Waals surface area contributed by atoms with Gasteiger partial charge in [0.2, 0.25) is 11.8 Å². The third-order valence-corrected chi connectivity index (χ3v) is 6.75. The average Bonchev–Trinajstić information content (AvgIpc) is 3.36. The number of piperidine rings is 1. The molecular weight excluding hydrogens is 372 g/mol. The maximum Gasteiger partial charge on any atom is 0.230 e. The molecule has 1 aromatic carbocycles. The number of rotatable bonds is 4. The van der Waals surface area contributed by atoms with E-state index >= 15 is 0 Å². The van der Waals surface area contributed by atoms with Crippen LogP contribution in [-0.2, 0) is 20.9 Å². The van der Waals surface area contributed by atoms with Crippen molar-refractivity contribution in [1.29, 1.82) is 0 Å². The first-order valence-electron chi connectivity index (χ1n) is 10.3. The molecule has 4 heterocycles. The molecule has 7 nitrogen and oxygen atoms in total. The summed E-state index contributed by atoms with van der Waals surface area (Å²) in [5.74, 6) is -0.227. The highest BCUT2D eigenvalue weighted by Crippen LogP contribution is 2.52. The zero-order valence-corrected chi connectivity index (χ0v) is 16.5. The van der Waals surface area contributed by atoms with Crippen molar-refractivity contribution in [2.45, 2.75) is 37.2 Å². The van der Waals surface area contributed by atoms with E-state index in [1.807, 2.05) is 36.4 Å². The van der Waals surface area contributed by atoms with E-state index < -0.39 is 17.4 Å². The van der Waals surface area contributed by atoms with Gasteiger partial charge in [0.05, 0.1) is 37.7 Å². The number of hydrogen-bond donors (Lipinski definition) is 1. The predicted molar refractivity (Wildman–Crippen MR) is 104 cm³/mol. The fourth-order valence-electron chi connectivity index (χ4n) is 5.28. The standard InChI is InChI=1S/C22H26N2O5/c1-28-16-4-2-3-14(11-16)12-24-13-22-8-5-17(29-22)18(19(22)21(24)27)20(26)23-9-6-15(25)7-10-23/h2-5,8,11,15,17-19,25H,6-7,9-10,12-13H2,1H3/t17-,18?,19?,22-/m1/s1. The minimum absolute atomic E-state index is 0.0185. The second-order valence-electron chi connectivity index (χ2n) is 8.50. The molecule has 154 valence electrons. The van der Waals surface area contributed by atoms with Gasteiger partial charge < -0.3 is 24.4 Å². The maximum atomic E-state index is 13.4. The number of carbonyl (C=O) groups excluding carboxylic acids is 2. The second kappa shape index (κ2) is 6.85. The number of hydrogen-bond acceptors (Lipinski definition) is 5. The Kier molecular flexibility index (Phi) is 4.40. The quantitative estimate of drug-likeness (QED) is 0.765. The van der Waals surface area contributed by atoms with Crippen LogP contribution in [0.1, 0.15) is 18.4 Å². The topological polar surface area (TPSA) is 79.3 Å². The molecule has 0 saturated carbocycles. The molecule has 1 spiro atoms. The van der Waals surface area contributed by atoms with Crippen molar-refractivity contribution in [3.8, 4) is 5.75 Å². The SMILES string of the molecule is COc1cccc(CN2C[C@@]34C=C[C@@H](O3)C(C(=O)N3CCC(O)CC3)C4C2=O)c1. The highest BCUT2D eigenvalue weighted by atomic mass is 16.5. The van der Waals surface area contributed by atoms with Gasteiger partial charge in [-0.25, -0.2) is 0 Å². The van der Waals surface area contributed by atoms with Gasteiger partial charge in [0, 0.05) is 19.6 Å². The Morgan fingerprint density at radius 3 is 2.90 bits per heavy atom. The van der Waals surface area contributed by atoms with Crippen molar-refractivity contribution < 1.29 is 24.2 Å². The molecule has 2 unspecified atom stereocenters. The number of amides is 2. The van der Waals surface area contributed by atoms with Crippen LogP contribution in [-0.4, -0.2) is 71.3 Å². The lowest BCUT2D eigenvalue weighted by Gasteiger charge is -2.34. The van der Waals surface area contributed by atoms with Crippen molar-refractivity contribution >= 4 is 11.8 Å². The van der Waals surface area contributed by atoms with Crippen LogP contribution in [0.3, 0.4) is 0 Å². The molecule has 3 saturated heterocycles. The summed E-state index contributed by atoms with van der Waals surface area (Å²) < 4.78 is 11.5. The van der Waals surface area contributed by atoms with Crippen molar-refractivity contribution in [2.24, 2.45) is 11.8 Å². The molecule has 4 aliphatic heterocycles. The molecule has 1 aromatic rings. The molecule has 0 aromatic heterocycles. The predicted octanol–water partition coefficient (Wildman–Crippen LogP) is 0.960. The highest BCUT2D eigenvalue weighted by Gasteiger charge is 2.67. The summed E-state index contributed by atoms with van der Waals surface area (Å²) in [7, 11) is 1.62. The molecule has 4 atom stereocenters. The zero-order valence-electron chi connectivity index (χ0n) is 16.5. The van der Waals surface area contributed by atoms with Gasteiger partial charge in [-0.2, -0.15) is 0 Å². The summed E-state index contributed by atoms with van der Waals surface area (Å²) in [6.07, 6.45) is 4.43. The summed E-state index contributed by atoms with van der Waals surface area (Å²) in [5.41, 5.74) is 0.288. The van der Waals surface area contributed by atoms with Gasteiger partial charge in [0.1, 0.15) is 11.4 Å². The first-order valence-corrected chi connectivity index (χ1v) is 10.3. The van der Waals surface area contributed by atoms with Gasteiger partial charge >= 0.3 is 0 Å². The number of aliphatic hydroxyl groups is 1. The van der Waals surface area contributed by atoms with Gasteiger partial charge in [-0.1, -0.05) is 24.3 Å². The van der Waals surface area contributed by atoms with Crippen LogP contribution < -0.4 is 4.74 Å². The molecule has 5 rings (SSSR count). The normalized spacial score (nSPS) is 33.4. The Balaban J connectivity index is 1.36. The Morgan fingerprint density at radius 1 is 1.34 bits per heavy atom.